The molecule has 2 rings (SSSR count). The highest BCUT2D eigenvalue weighted by Gasteiger charge is 2.37. The van der Waals surface area contributed by atoms with Gasteiger partial charge in [0.25, 0.3) is 5.91 Å². The summed E-state index contributed by atoms with van der Waals surface area (Å²) in [6.07, 6.45) is -1.54. The quantitative estimate of drug-likeness (QED) is 0.558. The molecule has 3 atom stereocenters. The van der Waals surface area contributed by atoms with E-state index in [9.17, 15) is 19.2 Å². The monoisotopic (exact) mass is 362 g/mol. The van der Waals surface area contributed by atoms with E-state index in [0.29, 0.717) is 6.42 Å². The minimum atomic E-state index is -1.16. The molecule has 1 aliphatic rings. The molecular weight excluding hydrogens is 340 g/mol. The smallest absolute Gasteiger partial charge is 0.408 e. The standard InChI is InChI=1S/C18H22N2O6/c1-3-11(2)15(17(23)26-13-9-14(21)19-16(13)22)20-18(24)25-10-12-7-5-4-6-8-12/h4-8,11,13,15H,3,9-10H2,1-2H3,(H,20,24)(H,19,21,22)/t11-,13?,15-/m0/s1. The van der Waals surface area contributed by atoms with Gasteiger partial charge < -0.3 is 14.8 Å². The summed E-state index contributed by atoms with van der Waals surface area (Å²) in [6.45, 7) is 3.69. The summed E-state index contributed by atoms with van der Waals surface area (Å²) in [5.41, 5.74) is 0.812. The van der Waals surface area contributed by atoms with Crippen molar-refractivity contribution in [1.29, 1.82) is 0 Å². The van der Waals surface area contributed by atoms with Crippen molar-refractivity contribution in [2.75, 3.05) is 0 Å². The number of imide groups is 1. The molecule has 0 aromatic heterocycles. The van der Waals surface area contributed by atoms with Gasteiger partial charge in [-0.3, -0.25) is 14.9 Å². The predicted octanol–water partition coefficient (Wildman–Crippen LogP) is 1.29. The first-order valence-corrected chi connectivity index (χ1v) is 8.42. The van der Waals surface area contributed by atoms with Crippen LogP contribution in [0, 0.1) is 5.92 Å². The van der Waals surface area contributed by atoms with Crippen LogP contribution in [0.5, 0.6) is 0 Å². The fourth-order valence-corrected chi connectivity index (χ4v) is 2.40. The molecule has 1 heterocycles. The number of nitrogens with one attached hydrogen (secondary N) is 2. The first-order valence-electron chi connectivity index (χ1n) is 8.42. The Labute approximate surface area is 151 Å². The van der Waals surface area contributed by atoms with Crippen LogP contribution < -0.4 is 10.6 Å². The molecule has 1 aliphatic heterocycles. The van der Waals surface area contributed by atoms with E-state index in [4.69, 9.17) is 9.47 Å². The van der Waals surface area contributed by atoms with Gasteiger partial charge >= 0.3 is 12.1 Å². The second-order valence-electron chi connectivity index (χ2n) is 6.11. The molecule has 1 fully saturated rings. The van der Waals surface area contributed by atoms with Crippen LogP contribution in [0.4, 0.5) is 4.79 Å². The van der Waals surface area contributed by atoms with E-state index in [1.807, 2.05) is 37.3 Å². The van der Waals surface area contributed by atoms with E-state index in [2.05, 4.69) is 10.6 Å². The molecule has 1 unspecified atom stereocenters. The molecule has 0 radical (unpaired) electrons. The van der Waals surface area contributed by atoms with Crippen molar-refractivity contribution >= 4 is 23.9 Å². The van der Waals surface area contributed by atoms with Gasteiger partial charge in [-0.05, 0) is 11.5 Å². The van der Waals surface area contributed by atoms with E-state index >= 15 is 0 Å². The number of carbonyl (C=O) groups excluding carboxylic acids is 4. The topological polar surface area (TPSA) is 111 Å². The Morgan fingerprint density at radius 3 is 2.54 bits per heavy atom. The van der Waals surface area contributed by atoms with Crippen molar-refractivity contribution in [1.82, 2.24) is 10.6 Å². The predicted molar refractivity (Wildman–Crippen MR) is 90.7 cm³/mol. The van der Waals surface area contributed by atoms with Crippen molar-refractivity contribution in [2.45, 2.75) is 45.4 Å². The minimum Gasteiger partial charge on any atom is -0.450 e. The molecule has 8 nitrogen and oxygen atoms in total. The average molecular weight is 362 g/mol. The number of alkyl carbamates (subject to hydrolysis) is 1. The fraction of sp³-hybridized carbons (Fsp3) is 0.444. The molecule has 0 aliphatic carbocycles. The Hall–Kier alpha value is -2.90. The van der Waals surface area contributed by atoms with E-state index in [-0.39, 0.29) is 18.9 Å². The Kier molecular flexibility index (Phi) is 6.71. The number of ether oxygens (including phenoxy) is 2. The van der Waals surface area contributed by atoms with Gasteiger partial charge in [-0.2, -0.15) is 0 Å². The van der Waals surface area contributed by atoms with Crippen molar-refractivity contribution < 1.29 is 28.7 Å². The SMILES string of the molecule is CC[C@H](C)[C@H](NC(=O)OCc1ccccc1)C(=O)OC1CC(=O)NC1=O. The van der Waals surface area contributed by atoms with Crippen LogP contribution in [0.3, 0.4) is 0 Å². The van der Waals surface area contributed by atoms with E-state index < -0.39 is 36.0 Å². The lowest BCUT2D eigenvalue weighted by Gasteiger charge is -2.23. The molecule has 0 bridgehead atoms. The zero-order valence-electron chi connectivity index (χ0n) is 14.7. The van der Waals surface area contributed by atoms with Crippen molar-refractivity contribution in [3.05, 3.63) is 35.9 Å². The Bertz CT molecular complexity index is 676. The van der Waals surface area contributed by atoms with Crippen molar-refractivity contribution in [3.63, 3.8) is 0 Å². The summed E-state index contributed by atoms with van der Waals surface area (Å²) in [5.74, 6) is -2.17. The summed E-state index contributed by atoms with van der Waals surface area (Å²) in [4.78, 5) is 47.1. The molecule has 1 aromatic carbocycles. The molecule has 3 amide bonds. The third kappa shape index (κ3) is 5.30. The van der Waals surface area contributed by atoms with E-state index in [0.717, 1.165) is 5.56 Å². The van der Waals surface area contributed by atoms with Crippen LogP contribution in [0.2, 0.25) is 0 Å². The number of carbonyl (C=O) groups is 4. The summed E-state index contributed by atoms with van der Waals surface area (Å²) in [7, 11) is 0. The molecule has 2 N–H and O–H groups in total. The normalized spacial score (nSPS) is 18.6. The van der Waals surface area contributed by atoms with E-state index in [1.54, 1.807) is 6.92 Å². The fourth-order valence-electron chi connectivity index (χ4n) is 2.40. The van der Waals surface area contributed by atoms with Gasteiger partial charge in [0, 0.05) is 0 Å². The van der Waals surface area contributed by atoms with Gasteiger partial charge in [-0.15, -0.1) is 0 Å². The maximum absolute atomic E-state index is 12.4. The van der Waals surface area contributed by atoms with Crippen LogP contribution in [-0.2, 0) is 30.5 Å². The van der Waals surface area contributed by atoms with Crippen LogP contribution in [0.1, 0.15) is 32.3 Å². The Morgan fingerprint density at radius 2 is 1.96 bits per heavy atom. The molecular formula is C18H22N2O6. The second kappa shape index (κ2) is 8.98. The number of rotatable bonds is 7. The third-order valence-electron chi connectivity index (χ3n) is 4.14. The Balaban J connectivity index is 1.93. The first-order chi connectivity index (χ1) is 12.4. The third-order valence-corrected chi connectivity index (χ3v) is 4.14. The lowest BCUT2D eigenvalue weighted by Crippen LogP contribution is -2.47. The number of benzene rings is 1. The van der Waals surface area contributed by atoms with Crippen LogP contribution >= 0.6 is 0 Å². The van der Waals surface area contributed by atoms with Crippen LogP contribution in [-0.4, -0.2) is 36.0 Å². The van der Waals surface area contributed by atoms with Gasteiger partial charge in [-0.1, -0.05) is 50.6 Å². The molecule has 140 valence electrons. The molecule has 0 saturated carbocycles. The molecule has 1 saturated heterocycles. The summed E-state index contributed by atoms with van der Waals surface area (Å²) < 4.78 is 10.2. The zero-order chi connectivity index (χ0) is 19.1. The minimum absolute atomic E-state index is 0.0640. The number of hydrogen-bond acceptors (Lipinski definition) is 6. The van der Waals surface area contributed by atoms with Crippen molar-refractivity contribution in [2.24, 2.45) is 5.92 Å². The molecule has 26 heavy (non-hydrogen) atoms. The van der Waals surface area contributed by atoms with Crippen molar-refractivity contribution in [3.8, 4) is 0 Å². The Morgan fingerprint density at radius 1 is 1.27 bits per heavy atom. The molecule has 8 heteroatoms. The molecule has 0 spiro atoms. The number of amides is 3. The highest BCUT2D eigenvalue weighted by molar-refractivity contribution is 6.05. The van der Waals surface area contributed by atoms with Gasteiger partial charge in [-0.25, -0.2) is 9.59 Å². The summed E-state index contributed by atoms with van der Waals surface area (Å²) >= 11 is 0. The maximum Gasteiger partial charge on any atom is 0.408 e. The average Bonchev–Trinajstić information content (AvgIpc) is 2.95. The number of esters is 1. The van der Waals surface area contributed by atoms with Gasteiger partial charge in [0.2, 0.25) is 5.91 Å². The highest BCUT2D eigenvalue weighted by Crippen LogP contribution is 2.14. The van der Waals surface area contributed by atoms with Gasteiger partial charge in [0.05, 0.1) is 6.42 Å². The first kappa shape index (κ1) is 19.4. The zero-order valence-corrected chi connectivity index (χ0v) is 14.7. The molecule has 1 aromatic rings. The van der Waals surface area contributed by atoms with Crippen LogP contribution in [0.25, 0.3) is 0 Å². The van der Waals surface area contributed by atoms with Gasteiger partial charge in [0.1, 0.15) is 12.6 Å². The summed E-state index contributed by atoms with van der Waals surface area (Å²) in [5, 5.41) is 4.55. The van der Waals surface area contributed by atoms with E-state index in [1.165, 1.54) is 0 Å². The van der Waals surface area contributed by atoms with Gasteiger partial charge in [0.15, 0.2) is 6.10 Å². The highest BCUT2D eigenvalue weighted by atomic mass is 16.6. The maximum atomic E-state index is 12.4. The lowest BCUT2D eigenvalue weighted by atomic mass is 9.99. The lowest BCUT2D eigenvalue weighted by molar-refractivity contribution is -0.157. The largest absolute Gasteiger partial charge is 0.450 e. The second-order valence-corrected chi connectivity index (χ2v) is 6.11. The number of hydrogen-bond donors (Lipinski definition) is 2. The van der Waals surface area contributed by atoms with Crippen LogP contribution in [0.15, 0.2) is 30.3 Å². The summed E-state index contributed by atoms with van der Waals surface area (Å²) in [6, 6.07) is 8.13.